The molecule has 26 heavy (non-hydrogen) atoms. The van der Waals surface area contributed by atoms with Crippen LogP contribution in [0.3, 0.4) is 0 Å². The number of nitrogens with one attached hydrogen (secondary N) is 1. The fourth-order valence-corrected chi connectivity index (χ4v) is 3.18. The first-order chi connectivity index (χ1) is 12.5. The number of anilines is 1. The van der Waals surface area contributed by atoms with E-state index in [1.807, 2.05) is 48.5 Å². The van der Waals surface area contributed by atoms with E-state index in [4.69, 9.17) is 11.6 Å². The van der Waals surface area contributed by atoms with E-state index in [1.54, 1.807) is 16.7 Å². The molecule has 1 saturated heterocycles. The normalized spacial score (nSPS) is 14.7. The molecule has 0 aromatic heterocycles. The molecule has 5 nitrogen and oxygen atoms in total. The van der Waals surface area contributed by atoms with E-state index in [-0.39, 0.29) is 11.9 Å². The first-order valence-electron chi connectivity index (χ1n) is 8.70. The molecule has 1 aliphatic heterocycles. The van der Waals surface area contributed by atoms with Crippen LogP contribution >= 0.6 is 11.6 Å². The molecule has 136 valence electrons. The van der Waals surface area contributed by atoms with Gasteiger partial charge < -0.3 is 15.1 Å². The third-order valence-corrected chi connectivity index (χ3v) is 4.77. The van der Waals surface area contributed by atoms with Gasteiger partial charge in [-0.1, -0.05) is 35.9 Å². The summed E-state index contributed by atoms with van der Waals surface area (Å²) >= 11 is 5.94. The average molecular weight is 372 g/mol. The lowest BCUT2D eigenvalue weighted by Crippen LogP contribution is -2.38. The molecular formula is C20H22ClN3O2. The smallest absolute Gasteiger partial charge is 0.321 e. The lowest BCUT2D eigenvalue weighted by molar-refractivity contribution is -0.128. The van der Waals surface area contributed by atoms with Gasteiger partial charge in [0.25, 0.3) is 0 Å². The van der Waals surface area contributed by atoms with Gasteiger partial charge in [-0.3, -0.25) is 4.79 Å². The number of rotatable bonds is 2. The third-order valence-electron chi connectivity index (χ3n) is 4.52. The van der Waals surface area contributed by atoms with Crippen molar-refractivity contribution >= 4 is 29.2 Å². The number of hydrogen-bond acceptors (Lipinski definition) is 2. The second-order valence-corrected chi connectivity index (χ2v) is 6.80. The van der Waals surface area contributed by atoms with Gasteiger partial charge in [0.1, 0.15) is 0 Å². The van der Waals surface area contributed by atoms with Gasteiger partial charge in [0.2, 0.25) is 5.91 Å². The number of nitrogens with zero attached hydrogens (tertiary/aromatic N) is 2. The summed E-state index contributed by atoms with van der Waals surface area (Å²) in [5, 5.41) is 3.66. The minimum Gasteiger partial charge on any atom is -0.341 e. The summed E-state index contributed by atoms with van der Waals surface area (Å²) < 4.78 is 0. The van der Waals surface area contributed by atoms with Gasteiger partial charge in [-0.15, -0.1) is 0 Å². The van der Waals surface area contributed by atoms with Crippen LogP contribution in [0.25, 0.3) is 11.1 Å². The van der Waals surface area contributed by atoms with Crippen LogP contribution in [0.1, 0.15) is 13.3 Å². The highest BCUT2D eigenvalue weighted by Gasteiger charge is 2.20. The predicted octanol–water partition coefficient (Wildman–Crippen LogP) is 4.09. The molecule has 3 rings (SSSR count). The summed E-state index contributed by atoms with van der Waals surface area (Å²) in [7, 11) is 0. The fraction of sp³-hybridized carbons (Fsp3) is 0.300. The maximum atomic E-state index is 12.6. The number of carbonyl (C=O) groups is 2. The van der Waals surface area contributed by atoms with Crippen LogP contribution in [0.2, 0.25) is 5.02 Å². The van der Waals surface area contributed by atoms with Crippen molar-refractivity contribution in [3.8, 4) is 11.1 Å². The van der Waals surface area contributed by atoms with E-state index < -0.39 is 0 Å². The molecule has 0 saturated carbocycles. The Morgan fingerprint density at radius 3 is 2.35 bits per heavy atom. The number of carbonyl (C=O) groups excluding carboxylic acids is 2. The van der Waals surface area contributed by atoms with Crippen molar-refractivity contribution < 1.29 is 9.59 Å². The summed E-state index contributed by atoms with van der Waals surface area (Å²) in [5.41, 5.74) is 2.80. The Labute approximate surface area is 158 Å². The van der Waals surface area contributed by atoms with Crippen molar-refractivity contribution in [3.05, 3.63) is 53.6 Å². The molecular weight excluding hydrogens is 350 g/mol. The molecule has 1 N–H and O–H groups in total. The third kappa shape index (κ3) is 4.55. The van der Waals surface area contributed by atoms with Gasteiger partial charge in [-0.25, -0.2) is 4.79 Å². The highest BCUT2D eigenvalue weighted by molar-refractivity contribution is 6.30. The molecule has 0 spiro atoms. The second kappa shape index (κ2) is 8.23. The average Bonchev–Trinajstić information content (AvgIpc) is 2.89. The first kappa shape index (κ1) is 18.3. The summed E-state index contributed by atoms with van der Waals surface area (Å²) in [6.45, 7) is 4.03. The lowest BCUT2D eigenvalue weighted by atomic mass is 10.1. The quantitative estimate of drug-likeness (QED) is 0.864. The number of urea groups is 1. The van der Waals surface area contributed by atoms with Crippen molar-refractivity contribution in [2.75, 3.05) is 31.5 Å². The molecule has 0 radical (unpaired) electrons. The van der Waals surface area contributed by atoms with E-state index in [0.29, 0.717) is 31.2 Å². The van der Waals surface area contributed by atoms with Crippen LogP contribution in [-0.4, -0.2) is 47.9 Å². The minimum atomic E-state index is -0.136. The highest BCUT2D eigenvalue weighted by atomic mass is 35.5. The topological polar surface area (TPSA) is 52.7 Å². The Bertz CT molecular complexity index is 792. The van der Waals surface area contributed by atoms with Crippen LogP contribution in [0, 0.1) is 0 Å². The monoisotopic (exact) mass is 371 g/mol. The molecule has 0 bridgehead atoms. The summed E-state index contributed by atoms with van der Waals surface area (Å²) in [6.07, 6.45) is 0.789. The maximum absolute atomic E-state index is 12.6. The first-order valence-corrected chi connectivity index (χ1v) is 9.08. The van der Waals surface area contributed by atoms with E-state index in [1.165, 1.54) is 0 Å². The van der Waals surface area contributed by atoms with E-state index in [9.17, 15) is 9.59 Å². The number of amides is 3. The van der Waals surface area contributed by atoms with Gasteiger partial charge in [0.15, 0.2) is 0 Å². The molecule has 3 amide bonds. The molecule has 6 heteroatoms. The van der Waals surface area contributed by atoms with Gasteiger partial charge in [-0.2, -0.15) is 0 Å². The maximum Gasteiger partial charge on any atom is 0.321 e. The van der Waals surface area contributed by atoms with Crippen molar-refractivity contribution in [1.29, 1.82) is 0 Å². The second-order valence-electron chi connectivity index (χ2n) is 6.36. The Morgan fingerprint density at radius 1 is 0.923 bits per heavy atom. The number of halogens is 1. The molecule has 1 heterocycles. The molecule has 2 aromatic carbocycles. The van der Waals surface area contributed by atoms with Crippen molar-refractivity contribution in [1.82, 2.24) is 9.80 Å². The van der Waals surface area contributed by atoms with Crippen molar-refractivity contribution in [3.63, 3.8) is 0 Å². The van der Waals surface area contributed by atoms with Gasteiger partial charge in [-0.05, 0) is 41.8 Å². The Morgan fingerprint density at radius 2 is 1.62 bits per heavy atom. The SMILES string of the molecule is CC(=O)N1CCCN(C(=O)Nc2cccc(-c3ccc(Cl)cc3)c2)CC1. The molecule has 0 unspecified atom stereocenters. The summed E-state index contributed by atoms with van der Waals surface area (Å²) in [5.74, 6) is 0.0583. The van der Waals surface area contributed by atoms with Gasteiger partial charge in [0, 0.05) is 43.8 Å². The Kier molecular flexibility index (Phi) is 5.78. The highest BCUT2D eigenvalue weighted by Crippen LogP contribution is 2.24. The summed E-state index contributed by atoms with van der Waals surface area (Å²) in [4.78, 5) is 27.6. The molecule has 1 aliphatic rings. The molecule has 0 aliphatic carbocycles. The van der Waals surface area contributed by atoms with Gasteiger partial charge >= 0.3 is 6.03 Å². The Hall–Kier alpha value is -2.53. The predicted molar refractivity (Wildman–Crippen MR) is 104 cm³/mol. The van der Waals surface area contributed by atoms with Crippen molar-refractivity contribution in [2.24, 2.45) is 0 Å². The van der Waals surface area contributed by atoms with Crippen LogP contribution in [-0.2, 0) is 4.79 Å². The molecule has 1 fully saturated rings. The van der Waals surface area contributed by atoms with Crippen LogP contribution < -0.4 is 5.32 Å². The minimum absolute atomic E-state index is 0.0583. The largest absolute Gasteiger partial charge is 0.341 e. The van der Waals surface area contributed by atoms with E-state index in [2.05, 4.69) is 5.32 Å². The van der Waals surface area contributed by atoms with E-state index in [0.717, 1.165) is 23.2 Å². The fourth-order valence-electron chi connectivity index (χ4n) is 3.06. The van der Waals surface area contributed by atoms with Crippen LogP contribution in [0.4, 0.5) is 10.5 Å². The standard InChI is InChI=1S/C20H22ClN3O2/c1-15(25)23-10-3-11-24(13-12-23)20(26)22-19-5-2-4-17(14-19)16-6-8-18(21)9-7-16/h2,4-9,14H,3,10-13H2,1H3,(H,22,26). The Balaban J connectivity index is 1.67. The van der Waals surface area contributed by atoms with Crippen LogP contribution in [0.15, 0.2) is 48.5 Å². The van der Waals surface area contributed by atoms with Crippen LogP contribution in [0.5, 0.6) is 0 Å². The lowest BCUT2D eigenvalue weighted by Gasteiger charge is -2.22. The zero-order valence-corrected chi connectivity index (χ0v) is 15.5. The number of benzene rings is 2. The zero-order chi connectivity index (χ0) is 18.5. The molecule has 0 atom stereocenters. The molecule has 2 aromatic rings. The zero-order valence-electron chi connectivity index (χ0n) is 14.7. The number of hydrogen-bond donors (Lipinski definition) is 1. The summed E-state index contributed by atoms with van der Waals surface area (Å²) in [6, 6.07) is 15.2. The van der Waals surface area contributed by atoms with E-state index >= 15 is 0 Å². The van der Waals surface area contributed by atoms with Gasteiger partial charge in [0.05, 0.1) is 0 Å². The van der Waals surface area contributed by atoms with Crippen molar-refractivity contribution in [2.45, 2.75) is 13.3 Å².